The van der Waals surface area contributed by atoms with Gasteiger partial charge in [-0.05, 0) is 54.2 Å². The Morgan fingerprint density at radius 2 is 2.00 bits per heavy atom. The smallest absolute Gasteiger partial charge is 0.409 e. The molecular formula is C21H24N4O3. The molecule has 0 fully saturated rings. The highest BCUT2D eigenvalue weighted by molar-refractivity contribution is 6.05. The fourth-order valence-corrected chi connectivity index (χ4v) is 4.04. The minimum Gasteiger partial charge on any atom is -0.453 e. The minimum atomic E-state index is -0.362. The first-order valence-corrected chi connectivity index (χ1v) is 9.51. The van der Waals surface area contributed by atoms with Crippen molar-refractivity contribution in [2.75, 3.05) is 37.5 Å². The zero-order chi connectivity index (χ0) is 19.7. The summed E-state index contributed by atoms with van der Waals surface area (Å²) in [4.78, 5) is 32.8. The highest BCUT2D eigenvalue weighted by Crippen LogP contribution is 2.29. The molecule has 0 spiro atoms. The summed E-state index contributed by atoms with van der Waals surface area (Å²) in [7, 11) is 3.46. The highest BCUT2D eigenvalue weighted by atomic mass is 16.5. The summed E-state index contributed by atoms with van der Waals surface area (Å²) < 4.78 is 4.80. The number of benzene rings is 1. The maximum atomic E-state index is 12.9. The van der Waals surface area contributed by atoms with Gasteiger partial charge in [0.05, 0.1) is 19.2 Å². The SMILES string of the molecule is COC(=O)N1CCc2c(cncc2C(=O)Nc2ccc3c(c2)CCCN3C)C1. The molecule has 2 aliphatic heterocycles. The third-order valence-corrected chi connectivity index (χ3v) is 5.51. The number of ether oxygens (including phenoxy) is 1. The molecule has 0 atom stereocenters. The van der Waals surface area contributed by atoms with E-state index in [0.29, 0.717) is 25.1 Å². The maximum Gasteiger partial charge on any atom is 0.409 e. The first-order valence-electron chi connectivity index (χ1n) is 9.51. The molecule has 0 saturated carbocycles. The number of nitrogens with one attached hydrogen (secondary N) is 1. The van der Waals surface area contributed by atoms with Gasteiger partial charge >= 0.3 is 6.09 Å². The van der Waals surface area contributed by atoms with Crippen molar-refractivity contribution in [3.63, 3.8) is 0 Å². The molecule has 0 unspecified atom stereocenters. The Hall–Kier alpha value is -3.09. The number of methoxy groups -OCH3 is 1. The normalized spacial score (nSPS) is 15.5. The van der Waals surface area contributed by atoms with E-state index in [1.54, 1.807) is 17.3 Å². The lowest BCUT2D eigenvalue weighted by atomic mass is 9.96. The minimum absolute atomic E-state index is 0.167. The Kier molecular flexibility index (Phi) is 4.90. The second kappa shape index (κ2) is 7.50. The number of fused-ring (bicyclic) bond motifs is 2. The van der Waals surface area contributed by atoms with Crippen molar-refractivity contribution in [2.45, 2.75) is 25.8 Å². The first kappa shape index (κ1) is 18.3. The molecule has 2 aliphatic rings. The number of hydrogen-bond donors (Lipinski definition) is 1. The lowest BCUT2D eigenvalue weighted by Gasteiger charge is -2.29. The van der Waals surface area contributed by atoms with Crippen LogP contribution >= 0.6 is 0 Å². The van der Waals surface area contributed by atoms with E-state index < -0.39 is 0 Å². The standard InChI is InChI=1S/C21H24N4O3/c1-24-8-3-4-14-10-16(5-6-19(14)24)23-20(26)18-12-22-11-15-13-25(21(27)28-2)9-7-17(15)18/h5-6,10-12H,3-4,7-9,13H2,1-2H3,(H,23,26). The zero-order valence-electron chi connectivity index (χ0n) is 16.2. The lowest BCUT2D eigenvalue weighted by Crippen LogP contribution is -2.36. The molecule has 4 rings (SSSR count). The summed E-state index contributed by atoms with van der Waals surface area (Å²) in [5, 5.41) is 3.02. The average Bonchev–Trinajstić information content (AvgIpc) is 2.72. The summed E-state index contributed by atoms with van der Waals surface area (Å²) in [6.45, 7) is 1.99. The van der Waals surface area contributed by atoms with Crippen molar-refractivity contribution in [1.82, 2.24) is 9.88 Å². The number of carbonyl (C=O) groups is 2. The number of aryl methyl sites for hydroxylation is 1. The summed E-state index contributed by atoms with van der Waals surface area (Å²) in [5.74, 6) is -0.167. The van der Waals surface area contributed by atoms with Crippen molar-refractivity contribution < 1.29 is 14.3 Å². The summed E-state index contributed by atoms with van der Waals surface area (Å²) in [6.07, 6.45) is 5.71. The molecule has 2 amide bonds. The van der Waals surface area contributed by atoms with Crippen LogP contribution in [0.15, 0.2) is 30.6 Å². The molecule has 7 heteroatoms. The van der Waals surface area contributed by atoms with Gasteiger partial charge in [-0.15, -0.1) is 0 Å². The number of anilines is 2. The second-order valence-corrected chi connectivity index (χ2v) is 7.29. The predicted molar refractivity (Wildman–Crippen MR) is 107 cm³/mol. The van der Waals surface area contributed by atoms with Crippen molar-refractivity contribution in [1.29, 1.82) is 0 Å². The Morgan fingerprint density at radius 1 is 1.14 bits per heavy atom. The van der Waals surface area contributed by atoms with Gasteiger partial charge in [-0.1, -0.05) is 0 Å². The molecule has 2 aromatic rings. The average molecular weight is 380 g/mol. The van der Waals surface area contributed by atoms with E-state index in [1.807, 2.05) is 6.07 Å². The molecule has 1 aromatic heterocycles. The number of aromatic nitrogens is 1. The molecule has 1 aromatic carbocycles. The van der Waals surface area contributed by atoms with E-state index in [1.165, 1.54) is 18.4 Å². The molecule has 3 heterocycles. The van der Waals surface area contributed by atoms with Crippen LogP contribution in [0.25, 0.3) is 0 Å². The monoisotopic (exact) mass is 380 g/mol. The number of rotatable bonds is 2. The molecule has 1 N–H and O–H groups in total. The molecule has 146 valence electrons. The van der Waals surface area contributed by atoms with Crippen LogP contribution in [0, 0.1) is 0 Å². The second-order valence-electron chi connectivity index (χ2n) is 7.29. The first-order chi connectivity index (χ1) is 13.6. The third-order valence-electron chi connectivity index (χ3n) is 5.51. The van der Waals surface area contributed by atoms with Crippen LogP contribution in [0.4, 0.5) is 16.2 Å². The van der Waals surface area contributed by atoms with Gasteiger partial charge in [-0.25, -0.2) is 4.79 Å². The molecule has 0 bridgehead atoms. The van der Waals surface area contributed by atoms with Crippen LogP contribution in [-0.4, -0.2) is 49.1 Å². The lowest BCUT2D eigenvalue weighted by molar-refractivity contribution is 0.102. The van der Waals surface area contributed by atoms with E-state index in [0.717, 1.165) is 36.2 Å². The van der Waals surface area contributed by atoms with Gasteiger partial charge in [0.2, 0.25) is 0 Å². The van der Waals surface area contributed by atoms with E-state index in [2.05, 4.69) is 34.4 Å². The Labute approximate surface area is 164 Å². The van der Waals surface area contributed by atoms with Gasteiger partial charge in [0.1, 0.15) is 0 Å². The van der Waals surface area contributed by atoms with Crippen molar-refractivity contribution >= 4 is 23.4 Å². The number of nitrogens with zero attached hydrogens (tertiary/aromatic N) is 3. The number of carbonyl (C=O) groups excluding carboxylic acids is 2. The van der Waals surface area contributed by atoms with Crippen molar-refractivity contribution in [3.8, 4) is 0 Å². The molecule has 28 heavy (non-hydrogen) atoms. The van der Waals surface area contributed by atoms with Gasteiger partial charge < -0.3 is 19.9 Å². The van der Waals surface area contributed by atoms with E-state index >= 15 is 0 Å². The number of amides is 2. The van der Waals surface area contributed by atoms with Gasteiger partial charge in [0.25, 0.3) is 5.91 Å². The topological polar surface area (TPSA) is 74.8 Å². The van der Waals surface area contributed by atoms with E-state index in [-0.39, 0.29) is 12.0 Å². The number of pyridine rings is 1. The zero-order valence-corrected chi connectivity index (χ0v) is 16.2. The Morgan fingerprint density at radius 3 is 2.82 bits per heavy atom. The van der Waals surface area contributed by atoms with Gasteiger partial charge in [-0.3, -0.25) is 9.78 Å². The van der Waals surface area contributed by atoms with Gasteiger partial charge in [0, 0.05) is 43.9 Å². The van der Waals surface area contributed by atoms with E-state index in [4.69, 9.17) is 4.74 Å². The highest BCUT2D eigenvalue weighted by Gasteiger charge is 2.25. The maximum absolute atomic E-state index is 12.9. The van der Waals surface area contributed by atoms with Gasteiger partial charge in [-0.2, -0.15) is 0 Å². The summed E-state index contributed by atoms with van der Waals surface area (Å²) in [5.41, 5.74) is 5.68. The van der Waals surface area contributed by atoms with Crippen LogP contribution in [0.1, 0.15) is 33.5 Å². The van der Waals surface area contributed by atoms with E-state index in [9.17, 15) is 9.59 Å². The molecule has 7 nitrogen and oxygen atoms in total. The van der Waals surface area contributed by atoms with Crippen LogP contribution < -0.4 is 10.2 Å². The number of hydrogen-bond acceptors (Lipinski definition) is 5. The van der Waals surface area contributed by atoms with Gasteiger partial charge in [0.15, 0.2) is 0 Å². The quantitative estimate of drug-likeness (QED) is 0.867. The largest absolute Gasteiger partial charge is 0.453 e. The van der Waals surface area contributed by atoms with Crippen molar-refractivity contribution in [2.24, 2.45) is 0 Å². The third kappa shape index (κ3) is 3.40. The predicted octanol–water partition coefficient (Wildman–Crippen LogP) is 2.84. The summed E-state index contributed by atoms with van der Waals surface area (Å²) in [6, 6.07) is 6.07. The Bertz CT molecular complexity index is 928. The fraction of sp³-hybridized carbons (Fsp3) is 0.381. The Balaban J connectivity index is 1.54. The molecular weight excluding hydrogens is 356 g/mol. The van der Waals surface area contributed by atoms with Crippen molar-refractivity contribution in [3.05, 3.63) is 52.8 Å². The molecule has 0 aliphatic carbocycles. The van der Waals surface area contributed by atoms with Crippen LogP contribution in [-0.2, 0) is 24.1 Å². The van der Waals surface area contributed by atoms with Crippen LogP contribution in [0.2, 0.25) is 0 Å². The van der Waals surface area contributed by atoms with Crippen LogP contribution in [0.5, 0.6) is 0 Å². The van der Waals surface area contributed by atoms with Crippen LogP contribution in [0.3, 0.4) is 0 Å². The summed E-state index contributed by atoms with van der Waals surface area (Å²) >= 11 is 0. The fourth-order valence-electron chi connectivity index (χ4n) is 4.04. The molecule has 0 radical (unpaired) electrons. The molecule has 0 saturated heterocycles.